The van der Waals surface area contributed by atoms with E-state index in [9.17, 15) is 0 Å². The summed E-state index contributed by atoms with van der Waals surface area (Å²) in [5.41, 5.74) is 0.0241. The second-order valence-corrected chi connectivity index (χ2v) is 3.79. The largest absolute Gasteiger partial charge is 0.269 e. The summed E-state index contributed by atoms with van der Waals surface area (Å²) in [6, 6.07) is 0. The molecule has 0 aromatic rings. The highest BCUT2D eigenvalue weighted by atomic mass is 35.5. The molecule has 0 aromatic heterocycles. The number of allylic oxidation sites excluding steroid dienone is 5. The van der Waals surface area contributed by atoms with E-state index in [1.165, 1.54) is 5.01 Å². The summed E-state index contributed by atoms with van der Waals surface area (Å²) >= 11 is 5.78. The molecular weight excluding hydrogens is 196 g/mol. The summed E-state index contributed by atoms with van der Waals surface area (Å²) < 4.78 is 0. The molecule has 0 aromatic carbocycles. The summed E-state index contributed by atoms with van der Waals surface area (Å²) in [7, 11) is 3.56. The zero-order valence-corrected chi connectivity index (χ0v) is 9.67. The molecule has 14 heavy (non-hydrogen) atoms. The van der Waals surface area contributed by atoms with E-state index in [0.29, 0.717) is 5.88 Å². The molecular formula is C11H19ClN2. The van der Waals surface area contributed by atoms with Crippen molar-refractivity contribution in [2.24, 2.45) is 11.3 Å². The maximum absolute atomic E-state index is 5.78. The van der Waals surface area contributed by atoms with E-state index in [0.717, 1.165) is 6.42 Å². The third-order valence-corrected chi connectivity index (χ3v) is 2.33. The van der Waals surface area contributed by atoms with Gasteiger partial charge in [0.05, 0.1) is 0 Å². The molecule has 1 aliphatic rings. The Morgan fingerprint density at radius 2 is 2.14 bits per heavy atom. The summed E-state index contributed by atoms with van der Waals surface area (Å²) in [6.07, 6.45) is 11.2. The quantitative estimate of drug-likeness (QED) is 0.331. The molecule has 2 nitrogen and oxygen atoms in total. The van der Waals surface area contributed by atoms with Crippen LogP contribution in [0.1, 0.15) is 6.42 Å². The first kappa shape index (κ1) is 13.4. The fourth-order valence-corrected chi connectivity index (χ4v) is 1.29. The van der Waals surface area contributed by atoms with Gasteiger partial charge >= 0.3 is 0 Å². The summed E-state index contributed by atoms with van der Waals surface area (Å²) in [5, 5.41) is 1.50. The molecule has 0 heterocycles. The van der Waals surface area contributed by atoms with Crippen molar-refractivity contribution in [3.63, 3.8) is 0 Å². The number of nitrogens with two attached hydrogens (primary N) is 1. The first-order chi connectivity index (χ1) is 6.56. The van der Waals surface area contributed by atoms with Gasteiger partial charge in [-0.15, -0.1) is 18.2 Å². The fraction of sp³-hybridized carbons (Fsp3) is 0.455. The fourth-order valence-electron chi connectivity index (χ4n) is 0.986. The Hall–Kier alpha value is -0.570. The Kier molecular flexibility index (Phi) is 6.54. The first-order valence-electron chi connectivity index (χ1n) is 4.52. The number of halogens is 1. The third kappa shape index (κ3) is 5.22. The van der Waals surface area contributed by atoms with Crippen LogP contribution in [-0.4, -0.2) is 25.0 Å². The monoisotopic (exact) mass is 214 g/mol. The standard InChI is InChI=1S/C9H11Cl.C2H8N2/c1-2-9(8-10)6-4-3-5-7-9;1-4(2)3/h2-6H,1,7-8H2;3H2,1-2H3. The van der Waals surface area contributed by atoms with Gasteiger partial charge in [0.25, 0.3) is 0 Å². The summed E-state index contributed by atoms with van der Waals surface area (Å²) in [6.45, 7) is 3.76. The average Bonchev–Trinajstić information content (AvgIpc) is 2.18. The van der Waals surface area contributed by atoms with Crippen LogP contribution in [0.4, 0.5) is 0 Å². The SMILES string of the molecule is C=CC1(CCl)C=CC=CC1.CN(C)N. The van der Waals surface area contributed by atoms with Crippen LogP contribution in [0, 0.1) is 5.41 Å². The van der Waals surface area contributed by atoms with Gasteiger partial charge in [-0.25, -0.2) is 0 Å². The minimum atomic E-state index is 0.0241. The molecule has 0 saturated carbocycles. The lowest BCUT2D eigenvalue weighted by molar-refractivity contribution is 0.432. The van der Waals surface area contributed by atoms with Gasteiger partial charge in [-0.3, -0.25) is 10.9 Å². The average molecular weight is 215 g/mol. The van der Waals surface area contributed by atoms with Crippen molar-refractivity contribution in [1.82, 2.24) is 5.01 Å². The van der Waals surface area contributed by atoms with E-state index in [-0.39, 0.29) is 5.41 Å². The minimum Gasteiger partial charge on any atom is -0.269 e. The van der Waals surface area contributed by atoms with E-state index in [4.69, 9.17) is 17.4 Å². The lowest BCUT2D eigenvalue weighted by Gasteiger charge is -2.23. The van der Waals surface area contributed by atoms with Gasteiger partial charge in [-0.1, -0.05) is 30.4 Å². The molecule has 0 fully saturated rings. The van der Waals surface area contributed by atoms with Crippen molar-refractivity contribution < 1.29 is 0 Å². The predicted molar refractivity (Wildman–Crippen MR) is 64.1 cm³/mol. The van der Waals surface area contributed by atoms with Crippen LogP contribution >= 0.6 is 11.6 Å². The van der Waals surface area contributed by atoms with Crippen LogP contribution in [-0.2, 0) is 0 Å². The van der Waals surface area contributed by atoms with E-state index >= 15 is 0 Å². The van der Waals surface area contributed by atoms with Gasteiger partial charge in [0.15, 0.2) is 0 Å². The molecule has 3 heteroatoms. The highest BCUT2D eigenvalue weighted by Crippen LogP contribution is 2.29. The molecule has 80 valence electrons. The van der Waals surface area contributed by atoms with Crippen LogP contribution < -0.4 is 5.84 Å². The van der Waals surface area contributed by atoms with Gasteiger partial charge < -0.3 is 0 Å². The van der Waals surface area contributed by atoms with Gasteiger partial charge in [-0.05, 0) is 6.42 Å². The Balaban J connectivity index is 0.000000364. The maximum atomic E-state index is 5.78. The molecule has 0 spiro atoms. The van der Waals surface area contributed by atoms with Gasteiger partial charge in [0, 0.05) is 25.4 Å². The Morgan fingerprint density at radius 1 is 1.57 bits per heavy atom. The minimum absolute atomic E-state index is 0.0241. The number of nitrogens with zero attached hydrogens (tertiary/aromatic N) is 1. The van der Waals surface area contributed by atoms with Gasteiger partial charge in [0.2, 0.25) is 0 Å². The molecule has 0 aliphatic heterocycles. The zero-order chi connectivity index (χ0) is 11.0. The molecule has 0 bridgehead atoms. The Labute approximate surface area is 91.7 Å². The number of hydrogen-bond acceptors (Lipinski definition) is 2. The summed E-state index contributed by atoms with van der Waals surface area (Å²) in [5.74, 6) is 5.57. The van der Waals surface area contributed by atoms with Crippen LogP contribution in [0.3, 0.4) is 0 Å². The summed E-state index contributed by atoms with van der Waals surface area (Å²) in [4.78, 5) is 0. The molecule has 0 saturated heterocycles. The predicted octanol–water partition coefficient (Wildman–Crippen LogP) is 2.34. The van der Waals surface area contributed by atoms with E-state index < -0.39 is 0 Å². The normalized spacial score (nSPS) is 24.4. The van der Waals surface area contributed by atoms with Crippen LogP contribution in [0.25, 0.3) is 0 Å². The number of hydrogen-bond donors (Lipinski definition) is 1. The van der Waals surface area contributed by atoms with Crippen molar-refractivity contribution in [2.45, 2.75) is 6.42 Å². The molecule has 2 N–H and O–H groups in total. The van der Waals surface area contributed by atoms with Crippen molar-refractivity contribution >= 4 is 11.6 Å². The van der Waals surface area contributed by atoms with Crippen molar-refractivity contribution in [3.05, 3.63) is 37.0 Å². The second-order valence-electron chi connectivity index (χ2n) is 3.53. The van der Waals surface area contributed by atoms with Crippen molar-refractivity contribution in [2.75, 3.05) is 20.0 Å². The number of hydrazine groups is 1. The van der Waals surface area contributed by atoms with Crippen molar-refractivity contribution in [1.29, 1.82) is 0 Å². The highest BCUT2D eigenvalue weighted by Gasteiger charge is 2.21. The number of rotatable bonds is 2. The molecule has 1 unspecified atom stereocenters. The van der Waals surface area contributed by atoms with Crippen molar-refractivity contribution in [3.8, 4) is 0 Å². The number of alkyl halides is 1. The molecule has 1 rings (SSSR count). The van der Waals surface area contributed by atoms with Crippen LogP contribution in [0.5, 0.6) is 0 Å². The van der Waals surface area contributed by atoms with E-state index in [1.807, 2.05) is 18.2 Å². The van der Waals surface area contributed by atoms with Gasteiger partial charge in [0.1, 0.15) is 0 Å². The lowest BCUT2D eigenvalue weighted by Crippen LogP contribution is -2.18. The smallest absolute Gasteiger partial charge is 0.0352 e. The molecule has 1 atom stereocenters. The van der Waals surface area contributed by atoms with Gasteiger partial charge in [-0.2, -0.15) is 0 Å². The van der Waals surface area contributed by atoms with Crippen LogP contribution in [0.2, 0.25) is 0 Å². The zero-order valence-electron chi connectivity index (χ0n) is 8.91. The van der Waals surface area contributed by atoms with E-state index in [2.05, 4.69) is 18.7 Å². The molecule has 0 amide bonds. The van der Waals surface area contributed by atoms with Crippen LogP contribution in [0.15, 0.2) is 37.0 Å². The Morgan fingerprint density at radius 3 is 2.36 bits per heavy atom. The lowest BCUT2D eigenvalue weighted by atomic mass is 9.84. The Bertz CT molecular complexity index is 219. The second kappa shape index (κ2) is 6.82. The first-order valence-corrected chi connectivity index (χ1v) is 5.06. The highest BCUT2D eigenvalue weighted by molar-refractivity contribution is 6.18. The third-order valence-electron chi connectivity index (χ3n) is 1.83. The molecule has 0 radical (unpaired) electrons. The maximum Gasteiger partial charge on any atom is 0.0352 e. The molecule has 1 aliphatic carbocycles. The topological polar surface area (TPSA) is 29.3 Å². The van der Waals surface area contributed by atoms with E-state index in [1.54, 1.807) is 14.1 Å².